The maximum absolute atomic E-state index is 10.7. The average molecular weight is 393 g/mol. The molecule has 0 aliphatic carbocycles. The lowest BCUT2D eigenvalue weighted by atomic mass is 10.3. The van der Waals surface area contributed by atoms with Crippen molar-refractivity contribution in [1.29, 1.82) is 0 Å². The smallest absolute Gasteiger partial charge is 0.269 e. The Kier molecular flexibility index (Phi) is 5.43. The van der Waals surface area contributed by atoms with Gasteiger partial charge in [-0.05, 0) is 55.3 Å². The Hall–Kier alpha value is -3.06. The minimum absolute atomic E-state index is 0.0971. The van der Waals surface area contributed by atoms with Gasteiger partial charge in [0.1, 0.15) is 5.76 Å². The van der Waals surface area contributed by atoms with Crippen molar-refractivity contribution in [2.75, 3.05) is 18.0 Å². The van der Waals surface area contributed by atoms with Gasteiger partial charge < -0.3 is 9.32 Å². The number of hydrogen-bond donors (Lipinski definition) is 0. The molecule has 2 heterocycles. The van der Waals surface area contributed by atoms with Crippen molar-refractivity contribution in [3.8, 4) is 0 Å². The molecule has 0 saturated carbocycles. The van der Waals surface area contributed by atoms with E-state index in [2.05, 4.69) is 9.89 Å². The molecule has 0 bridgehead atoms. The molecule has 1 aliphatic rings. The second-order valence-corrected chi connectivity index (χ2v) is 7.62. The Morgan fingerprint density at radius 2 is 1.61 bits per heavy atom. The van der Waals surface area contributed by atoms with Crippen LogP contribution in [0.5, 0.6) is 0 Å². The molecule has 142 valence electrons. The molecule has 0 atom stereocenters. The van der Waals surface area contributed by atoms with Crippen LogP contribution in [0.1, 0.15) is 18.6 Å². The van der Waals surface area contributed by atoms with Crippen LogP contribution in [-0.2, 0) is 0 Å². The van der Waals surface area contributed by atoms with Crippen LogP contribution in [0, 0.1) is 10.1 Å². The first-order valence-corrected chi connectivity index (χ1v) is 9.90. The summed E-state index contributed by atoms with van der Waals surface area (Å²) in [6, 6.07) is 18.3. The van der Waals surface area contributed by atoms with Crippen LogP contribution in [0.3, 0.4) is 0 Å². The van der Waals surface area contributed by atoms with Gasteiger partial charge in [0.25, 0.3) is 5.69 Å². The second-order valence-electron chi connectivity index (χ2n) is 6.48. The highest BCUT2D eigenvalue weighted by Gasteiger charge is 2.15. The van der Waals surface area contributed by atoms with E-state index in [-0.39, 0.29) is 5.69 Å². The Morgan fingerprint density at radius 3 is 2.25 bits per heavy atom. The number of nitrogens with zero attached hydrogens (tertiary/aromatic N) is 3. The Morgan fingerprint density at radius 1 is 0.964 bits per heavy atom. The van der Waals surface area contributed by atoms with Gasteiger partial charge in [-0.3, -0.25) is 15.1 Å². The van der Waals surface area contributed by atoms with Crippen molar-refractivity contribution in [3.63, 3.8) is 0 Å². The van der Waals surface area contributed by atoms with E-state index in [1.807, 2.05) is 36.4 Å². The minimum Gasteiger partial charge on any atom is -0.440 e. The first kappa shape index (κ1) is 18.3. The number of rotatable bonds is 6. The number of benzene rings is 2. The van der Waals surface area contributed by atoms with E-state index in [9.17, 15) is 10.1 Å². The number of nitro benzene ring substituents is 1. The van der Waals surface area contributed by atoms with Gasteiger partial charge in [0.05, 0.1) is 16.8 Å². The first-order valence-electron chi connectivity index (χ1n) is 9.09. The number of anilines is 1. The topological polar surface area (TPSA) is 71.9 Å². The molecule has 0 radical (unpaired) electrons. The third-order valence-electron chi connectivity index (χ3n) is 4.49. The highest BCUT2D eigenvalue weighted by atomic mass is 32.2. The second kappa shape index (κ2) is 8.31. The predicted molar refractivity (Wildman–Crippen MR) is 111 cm³/mol. The maximum atomic E-state index is 10.7. The van der Waals surface area contributed by atoms with Gasteiger partial charge in [-0.15, -0.1) is 0 Å². The van der Waals surface area contributed by atoms with Crippen molar-refractivity contribution in [3.05, 3.63) is 76.5 Å². The van der Waals surface area contributed by atoms with E-state index in [0.29, 0.717) is 0 Å². The molecule has 3 aromatic rings. The molecule has 0 spiro atoms. The number of non-ortho nitro benzene ring substituents is 1. The lowest BCUT2D eigenvalue weighted by molar-refractivity contribution is -0.384. The zero-order valence-corrected chi connectivity index (χ0v) is 16.0. The molecule has 0 amide bonds. The van der Waals surface area contributed by atoms with E-state index < -0.39 is 4.92 Å². The molecule has 4 rings (SSSR count). The summed E-state index contributed by atoms with van der Waals surface area (Å²) in [7, 11) is 0. The maximum Gasteiger partial charge on any atom is 0.269 e. The SMILES string of the molecule is O=[N+]([O-])c1ccc(Sc2ccc(N=Cc3ccc(N4CCCC4)o3)cc2)cc1. The molecule has 1 aromatic heterocycles. The molecular weight excluding hydrogens is 374 g/mol. The molecule has 28 heavy (non-hydrogen) atoms. The van der Waals surface area contributed by atoms with E-state index in [1.165, 1.54) is 25.0 Å². The van der Waals surface area contributed by atoms with Gasteiger partial charge in [0.15, 0.2) is 5.88 Å². The summed E-state index contributed by atoms with van der Waals surface area (Å²) in [6.07, 6.45) is 4.17. The van der Waals surface area contributed by atoms with E-state index >= 15 is 0 Å². The van der Waals surface area contributed by atoms with Gasteiger partial charge in [0.2, 0.25) is 0 Å². The van der Waals surface area contributed by atoms with E-state index in [0.717, 1.165) is 40.2 Å². The first-order chi connectivity index (χ1) is 13.7. The summed E-state index contributed by atoms with van der Waals surface area (Å²) in [5, 5.41) is 10.7. The summed E-state index contributed by atoms with van der Waals surface area (Å²) >= 11 is 1.55. The molecule has 0 unspecified atom stereocenters. The monoisotopic (exact) mass is 393 g/mol. The Balaban J connectivity index is 1.37. The van der Waals surface area contributed by atoms with Gasteiger partial charge >= 0.3 is 0 Å². The van der Waals surface area contributed by atoms with Crippen LogP contribution in [-0.4, -0.2) is 24.2 Å². The summed E-state index contributed by atoms with van der Waals surface area (Å²) in [4.78, 5) is 19.0. The highest BCUT2D eigenvalue weighted by molar-refractivity contribution is 7.99. The molecule has 1 aliphatic heterocycles. The van der Waals surface area contributed by atoms with Gasteiger partial charge in [-0.1, -0.05) is 11.8 Å². The Bertz CT molecular complexity index is 975. The fourth-order valence-electron chi connectivity index (χ4n) is 3.03. The molecule has 6 nitrogen and oxygen atoms in total. The van der Waals surface area contributed by atoms with Crippen LogP contribution in [0.4, 0.5) is 17.3 Å². The summed E-state index contributed by atoms with van der Waals surface area (Å²) in [5.74, 6) is 1.65. The largest absolute Gasteiger partial charge is 0.440 e. The number of aliphatic imine (C=N–C) groups is 1. The lowest BCUT2D eigenvalue weighted by Crippen LogP contribution is -2.16. The average Bonchev–Trinajstić information content (AvgIpc) is 3.40. The van der Waals surface area contributed by atoms with Gasteiger partial charge in [-0.2, -0.15) is 0 Å². The third kappa shape index (κ3) is 4.43. The highest BCUT2D eigenvalue weighted by Crippen LogP contribution is 2.30. The molecule has 2 aromatic carbocycles. The Labute approximate surface area is 167 Å². The minimum atomic E-state index is -0.394. The van der Waals surface area contributed by atoms with Crippen LogP contribution in [0.15, 0.2) is 79.9 Å². The molecule has 0 N–H and O–H groups in total. The quantitative estimate of drug-likeness (QED) is 0.306. The lowest BCUT2D eigenvalue weighted by Gasteiger charge is -2.12. The van der Waals surface area contributed by atoms with Crippen molar-refractivity contribution >= 4 is 35.2 Å². The van der Waals surface area contributed by atoms with Crippen molar-refractivity contribution in [2.24, 2.45) is 4.99 Å². The fourth-order valence-corrected chi connectivity index (χ4v) is 3.85. The van der Waals surface area contributed by atoms with Crippen LogP contribution in [0.25, 0.3) is 0 Å². The summed E-state index contributed by atoms with van der Waals surface area (Å²) < 4.78 is 5.84. The van der Waals surface area contributed by atoms with Crippen molar-refractivity contribution in [2.45, 2.75) is 22.6 Å². The molecule has 1 fully saturated rings. The van der Waals surface area contributed by atoms with Crippen LogP contribution >= 0.6 is 11.8 Å². The molecule has 7 heteroatoms. The van der Waals surface area contributed by atoms with Gasteiger partial charge in [-0.25, -0.2) is 0 Å². The van der Waals surface area contributed by atoms with Gasteiger partial charge in [0, 0.05) is 41.1 Å². The molecule has 1 saturated heterocycles. The van der Waals surface area contributed by atoms with Crippen molar-refractivity contribution < 1.29 is 9.34 Å². The van der Waals surface area contributed by atoms with E-state index in [4.69, 9.17) is 4.42 Å². The number of nitro groups is 1. The zero-order valence-electron chi connectivity index (χ0n) is 15.2. The number of hydrogen-bond acceptors (Lipinski definition) is 6. The normalized spacial score (nSPS) is 14.1. The van der Waals surface area contributed by atoms with Crippen molar-refractivity contribution in [1.82, 2.24) is 0 Å². The molecular formula is C21H19N3O3S. The van der Waals surface area contributed by atoms with E-state index in [1.54, 1.807) is 30.1 Å². The fraction of sp³-hybridized carbons (Fsp3) is 0.190. The third-order valence-corrected chi connectivity index (χ3v) is 5.51. The summed E-state index contributed by atoms with van der Waals surface area (Å²) in [6.45, 7) is 2.11. The van der Waals surface area contributed by atoms with Crippen LogP contribution < -0.4 is 4.90 Å². The summed E-state index contributed by atoms with van der Waals surface area (Å²) in [5.41, 5.74) is 0.937. The zero-order chi connectivity index (χ0) is 19.3. The standard InChI is InChI=1S/C21H19N3O3S/c25-24(26)17-5-10-20(11-6-17)28-19-8-3-16(4-9-19)22-15-18-7-12-21(27-18)23-13-1-2-14-23/h3-12,15H,1-2,13-14H2. The van der Waals surface area contributed by atoms with Crippen LogP contribution in [0.2, 0.25) is 0 Å². The number of furan rings is 1. The predicted octanol–water partition coefficient (Wildman–Crippen LogP) is 5.69.